The van der Waals surface area contributed by atoms with Crippen LogP contribution in [-0.4, -0.2) is 49.8 Å². The molecule has 0 bridgehead atoms. The van der Waals surface area contributed by atoms with Gasteiger partial charge in [-0.15, -0.1) is 11.6 Å². The third-order valence-corrected chi connectivity index (χ3v) is 2.85. The van der Waals surface area contributed by atoms with Gasteiger partial charge in [0.05, 0.1) is 37.3 Å². The highest BCUT2D eigenvalue weighted by Gasteiger charge is 2.14. The molecule has 1 aromatic rings. The van der Waals surface area contributed by atoms with Crippen LogP contribution < -0.4 is 5.32 Å². The van der Waals surface area contributed by atoms with Gasteiger partial charge < -0.3 is 19.9 Å². The zero-order valence-corrected chi connectivity index (χ0v) is 11.9. The Bertz CT molecular complexity index is 457. The molecule has 7 heteroatoms. The standard InChI is InChI=1S/C13H16ClNO5/c1-19-12(17)8-3-9(13(18)20-2)5-10(4-8)15-7-11(16)6-14/h3-5,11,15-16H,6-7H2,1-2H3. The highest BCUT2D eigenvalue weighted by atomic mass is 35.5. The molecule has 0 fully saturated rings. The van der Waals surface area contributed by atoms with E-state index in [1.807, 2.05) is 0 Å². The Morgan fingerprint density at radius 2 is 1.70 bits per heavy atom. The van der Waals surface area contributed by atoms with Crippen LogP contribution in [0.15, 0.2) is 18.2 Å². The molecular weight excluding hydrogens is 286 g/mol. The van der Waals surface area contributed by atoms with Gasteiger partial charge >= 0.3 is 11.9 Å². The van der Waals surface area contributed by atoms with E-state index in [1.54, 1.807) is 0 Å². The lowest BCUT2D eigenvalue weighted by Crippen LogP contribution is -2.21. The molecule has 0 saturated heterocycles. The lowest BCUT2D eigenvalue weighted by atomic mass is 10.1. The number of benzene rings is 1. The van der Waals surface area contributed by atoms with E-state index in [0.717, 1.165) is 0 Å². The van der Waals surface area contributed by atoms with Crippen molar-refractivity contribution in [3.05, 3.63) is 29.3 Å². The van der Waals surface area contributed by atoms with Crippen LogP contribution in [-0.2, 0) is 9.47 Å². The van der Waals surface area contributed by atoms with Gasteiger partial charge in [0, 0.05) is 12.2 Å². The number of hydrogen-bond acceptors (Lipinski definition) is 6. The number of alkyl halides is 1. The Hall–Kier alpha value is -1.79. The number of halogens is 1. The van der Waals surface area contributed by atoms with E-state index in [-0.39, 0.29) is 23.6 Å². The number of carbonyl (C=O) groups excluding carboxylic acids is 2. The highest BCUT2D eigenvalue weighted by molar-refractivity contribution is 6.18. The summed E-state index contributed by atoms with van der Waals surface area (Å²) in [5.74, 6) is -1.07. The second kappa shape index (κ2) is 7.72. The number of methoxy groups -OCH3 is 2. The number of esters is 2. The van der Waals surface area contributed by atoms with Gasteiger partial charge in [0.2, 0.25) is 0 Å². The minimum absolute atomic E-state index is 0.0769. The Labute approximate surface area is 121 Å². The van der Waals surface area contributed by atoms with Crippen molar-refractivity contribution in [2.75, 3.05) is 32.0 Å². The van der Waals surface area contributed by atoms with E-state index in [9.17, 15) is 14.7 Å². The molecule has 0 aromatic heterocycles. The van der Waals surface area contributed by atoms with Gasteiger partial charge in [0.25, 0.3) is 0 Å². The fraction of sp³-hybridized carbons (Fsp3) is 0.385. The molecule has 0 spiro atoms. The molecule has 1 aromatic carbocycles. The largest absolute Gasteiger partial charge is 0.465 e. The SMILES string of the molecule is COC(=O)c1cc(NCC(O)CCl)cc(C(=O)OC)c1. The lowest BCUT2D eigenvalue weighted by Gasteiger charge is -2.12. The summed E-state index contributed by atoms with van der Waals surface area (Å²) in [6.45, 7) is 0.189. The molecule has 0 aliphatic carbocycles. The van der Waals surface area contributed by atoms with Crippen molar-refractivity contribution in [1.82, 2.24) is 0 Å². The van der Waals surface area contributed by atoms with Crippen LogP contribution in [0.25, 0.3) is 0 Å². The van der Waals surface area contributed by atoms with Crippen molar-refractivity contribution in [2.45, 2.75) is 6.10 Å². The van der Waals surface area contributed by atoms with Crippen LogP contribution in [0.1, 0.15) is 20.7 Å². The van der Waals surface area contributed by atoms with E-state index in [4.69, 9.17) is 11.6 Å². The summed E-state index contributed by atoms with van der Waals surface area (Å²) in [5, 5.41) is 12.3. The molecular formula is C13H16ClNO5. The van der Waals surface area contributed by atoms with Crippen LogP contribution in [0, 0.1) is 0 Å². The minimum atomic E-state index is -0.736. The fourth-order valence-electron chi connectivity index (χ4n) is 1.49. The molecule has 1 atom stereocenters. The van der Waals surface area contributed by atoms with Crippen LogP contribution in [0.4, 0.5) is 5.69 Å². The first kappa shape index (κ1) is 16.3. The molecule has 0 heterocycles. The van der Waals surface area contributed by atoms with Gasteiger partial charge in [-0.2, -0.15) is 0 Å². The highest BCUT2D eigenvalue weighted by Crippen LogP contribution is 2.17. The molecule has 1 rings (SSSR count). The summed E-state index contributed by atoms with van der Waals surface area (Å²) >= 11 is 5.49. The Morgan fingerprint density at radius 1 is 1.20 bits per heavy atom. The third-order valence-electron chi connectivity index (χ3n) is 2.50. The topological polar surface area (TPSA) is 84.9 Å². The lowest BCUT2D eigenvalue weighted by molar-refractivity contribution is 0.0599. The molecule has 0 aliphatic heterocycles. The van der Waals surface area contributed by atoms with Crippen molar-refractivity contribution in [3.8, 4) is 0 Å². The number of carbonyl (C=O) groups is 2. The van der Waals surface area contributed by atoms with E-state index >= 15 is 0 Å². The summed E-state index contributed by atoms with van der Waals surface area (Å²) in [5.41, 5.74) is 0.897. The van der Waals surface area contributed by atoms with E-state index < -0.39 is 18.0 Å². The predicted octanol–water partition coefficient (Wildman–Crippen LogP) is 1.27. The summed E-state index contributed by atoms with van der Waals surface area (Å²) in [6.07, 6.45) is -0.736. The van der Waals surface area contributed by atoms with Crippen molar-refractivity contribution in [3.63, 3.8) is 0 Å². The average molecular weight is 302 g/mol. The maximum Gasteiger partial charge on any atom is 0.337 e. The Balaban J connectivity index is 3.03. The quantitative estimate of drug-likeness (QED) is 0.608. The smallest absolute Gasteiger partial charge is 0.337 e. The maximum atomic E-state index is 11.6. The number of aliphatic hydroxyl groups excluding tert-OH is 1. The summed E-state index contributed by atoms with van der Waals surface area (Å²) in [6, 6.07) is 4.40. The summed E-state index contributed by atoms with van der Waals surface area (Å²) in [7, 11) is 2.50. The second-order valence-corrected chi connectivity index (χ2v) is 4.28. The van der Waals surface area contributed by atoms with Crippen molar-refractivity contribution in [1.29, 1.82) is 0 Å². The van der Waals surface area contributed by atoms with Gasteiger partial charge in [-0.25, -0.2) is 9.59 Å². The Kier molecular flexibility index (Phi) is 6.27. The molecule has 2 N–H and O–H groups in total. The van der Waals surface area contributed by atoms with Crippen LogP contribution >= 0.6 is 11.6 Å². The van der Waals surface area contributed by atoms with E-state index in [2.05, 4.69) is 14.8 Å². The Morgan fingerprint density at radius 3 is 2.10 bits per heavy atom. The van der Waals surface area contributed by atoms with Gasteiger partial charge in [-0.1, -0.05) is 0 Å². The summed E-state index contributed by atoms with van der Waals surface area (Å²) in [4.78, 5) is 23.1. The van der Waals surface area contributed by atoms with Crippen LogP contribution in [0.5, 0.6) is 0 Å². The molecule has 0 aliphatic rings. The third kappa shape index (κ3) is 4.40. The molecule has 0 radical (unpaired) electrons. The molecule has 1 unspecified atom stereocenters. The fourth-order valence-corrected chi connectivity index (χ4v) is 1.60. The van der Waals surface area contributed by atoms with E-state index in [1.165, 1.54) is 32.4 Å². The zero-order chi connectivity index (χ0) is 15.1. The molecule has 110 valence electrons. The van der Waals surface area contributed by atoms with Gasteiger partial charge in [0.15, 0.2) is 0 Å². The van der Waals surface area contributed by atoms with Gasteiger partial charge in [-0.3, -0.25) is 0 Å². The zero-order valence-electron chi connectivity index (χ0n) is 11.2. The van der Waals surface area contributed by atoms with Crippen LogP contribution in [0.2, 0.25) is 0 Å². The second-order valence-electron chi connectivity index (χ2n) is 3.97. The number of hydrogen-bond donors (Lipinski definition) is 2. The van der Waals surface area contributed by atoms with Gasteiger partial charge in [0.1, 0.15) is 0 Å². The molecule has 0 amide bonds. The van der Waals surface area contributed by atoms with Crippen LogP contribution in [0.3, 0.4) is 0 Å². The first-order chi connectivity index (χ1) is 9.51. The minimum Gasteiger partial charge on any atom is -0.465 e. The first-order valence-electron chi connectivity index (χ1n) is 5.81. The first-order valence-corrected chi connectivity index (χ1v) is 6.35. The number of nitrogens with one attached hydrogen (secondary N) is 1. The number of anilines is 1. The average Bonchev–Trinajstić information content (AvgIpc) is 2.50. The van der Waals surface area contributed by atoms with Gasteiger partial charge in [-0.05, 0) is 18.2 Å². The van der Waals surface area contributed by atoms with Crippen molar-refractivity contribution in [2.24, 2.45) is 0 Å². The summed E-state index contributed by atoms with van der Waals surface area (Å²) < 4.78 is 9.23. The normalized spacial score (nSPS) is 11.6. The van der Waals surface area contributed by atoms with Crippen molar-refractivity contribution >= 4 is 29.2 Å². The van der Waals surface area contributed by atoms with Crippen molar-refractivity contribution < 1.29 is 24.2 Å². The van der Waals surface area contributed by atoms with E-state index in [0.29, 0.717) is 5.69 Å². The number of rotatable bonds is 6. The predicted molar refractivity (Wildman–Crippen MR) is 74.3 cm³/mol. The molecule has 0 saturated carbocycles. The molecule has 20 heavy (non-hydrogen) atoms. The number of ether oxygens (including phenoxy) is 2. The molecule has 6 nitrogen and oxygen atoms in total. The number of aliphatic hydroxyl groups is 1. The monoisotopic (exact) mass is 301 g/mol. The maximum absolute atomic E-state index is 11.6.